The van der Waals surface area contributed by atoms with Gasteiger partial charge in [-0.1, -0.05) is 5.21 Å². The Hall–Kier alpha value is -3.14. The quantitative estimate of drug-likeness (QED) is 0.585. The lowest BCUT2D eigenvalue weighted by atomic mass is 10.0. The first kappa shape index (κ1) is 20.7. The number of benzene rings is 1. The van der Waals surface area contributed by atoms with Crippen molar-refractivity contribution in [3.05, 3.63) is 54.2 Å². The molecule has 1 atom stereocenters. The molecule has 2 fully saturated rings. The molecule has 0 unspecified atom stereocenters. The number of halogens is 1. The summed E-state index contributed by atoms with van der Waals surface area (Å²) in [7, 11) is 0. The Morgan fingerprint density at radius 3 is 2.81 bits per heavy atom. The van der Waals surface area contributed by atoms with Crippen molar-refractivity contribution in [1.82, 2.24) is 20.0 Å². The third kappa shape index (κ3) is 4.14. The van der Waals surface area contributed by atoms with E-state index < -0.39 is 11.9 Å². The first-order chi connectivity index (χ1) is 15.6. The van der Waals surface area contributed by atoms with Crippen molar-refractivity contribution < 1.29 is 13.9 Å². The summed E-state index contributed by atoms with van der Waals surface area (Å²) >= 11 is 1.95. The number of anilines is 2. The van der Waals surface area contributed by atoms with Crippen LogP contribution in [0, 0.1) is 12.7 Å². The van der Waals surface area contributed by atoms with Crippen LogP contribution in [0.4, 0.5) is 20.7 Å². The van der Waals surface area contributed by atoms with Gasteiger partial charge < -0.3 is 9.64 Å². The number of cyclic esters (lactones) is 1. The predicted octanol–water partition coefficient (Wildman–Crippen LogP) is 3.37. The van der Waals surface area contributed by atoms with E-state index in [0.29, 0.717) is 24.3 Å². The van der Waals surface area contributed by atoms with E-state index in [4.69, 9.17) is 4.74 Å². The number of nitrogens with zero attached hydrogens (tertiary/aromatic N) is 6. The van der Waals surface area contributed by atoms with Crippen LogP contribution >= 0.6 is 11.8 Å². The van der Waals surface area contributed by atoms with Gasteiger partial charge in [-0.15, -0.1) is 5.10 Å². The molecule has 0 spiro atoms. The molecular weight excluding hydrogens is 431 g/mol. The molecule has 0 saturated carbocycles. The largest absolute Gasteiger partial charge is 0.442 e. The van der Waals surface area contributed by atoms with Crippen molar-refractivity contribution in [3.8, 4) is 11.1 Å². The number of thioether (sulfide) groups is 1. The van der Waals surface area contributed by atoms with Gasteiger partial charge in [0, 0.05) is 48.1 Å². The summed E-state index contributed by atoms with van der Waals surface area (Å²) in [5.41, 5.74) is 2.66. The van der Waals surface area contributed by atoms with E-state index in [2.05, 4.69) is 20.2 Å². The van der Waals surface area contributed by atoms with E-state index in [1.54, 1.807) is 35.4 Å². The predicted molar refractivity (Wildman–Crippen MR) is 122 cm³/mol. The van der Waals surface area contributed by atoms with Gasteiger partial charge in [0.1, 0.15) is 17.7 Å². The minimum atomic E-state index is -0.496. The summed E-state index contributed by atoms with van der Waals surface area (Å²) < 4.78 is 22.1. The number of carbonyl (C=O) groups is 1. The second kappa shape index (κ2) is 8.78. The lowest BCUT2D eigenvalue weighted by Crippen LogP contribution is -2.33. The Labute approximate surface area is 189 Å². The molecule has 4 heterocycles. The number of aryl methyl sites for hydroxylation is 1. The highest BCUT2D eigenvalue weighted by Crippen LogP contribution is 2.31. The van der Waals surface area contributed by atoms with Crippen LogP contribution in [0.5, 0.6) is 0 Å². The number of aromatic nitrogens is 4. The fourth-order valence-electron chi connectivity index (χ4n) is 4.09. The van der Waals surface area contributed by atoms with E-state index in [1.807, 2.05) is 24.8 Å². The summed E-state index contributed by atoms with van der Waals surface area (Å²) in [6.07, 6.45) is 4.12. The Bertz CT molecular complexity index is 1120. The van der Waals surface area contributed by atoms with Crippen LogP contribution in [0.15, 0.2) is 42.9 Å². The summed E-state index contributed by atoms with van der Waals surface area (Å²) in [4.78, 5) is 20.7. The molecule has 0 N–H and O–H groups in total. The molecule has 8 nitrogen and oxygen atoms in total. The third-order valence-electron chi connectivity index (χ3n) is 5.67. The Kier molecular flexibility index (Phi) is 5.69. The molecule has 0 radical (unpaired) electrons. The molecule has 32 heavy (non-hydrogen) atoms. The lowest BCUT2D eigenvalue weighted by molar-refractivity contribution is 0.129. The maximum atomic E-state index is 15.1. The second-order valence-corrected chi connectivity index (χ2v) is 9.09. The first-order valence-electron chi connectivity index (χ1n) is 10.5. The van der Waals surface area contributed by atoms with Crippen LogP contribution in [0.3, 0.4) is 0 Å². The zero-order valence-electron chi connectivity index (χ0n) is 17.6. The van der Waals surface area contributed by atoms with Crippen LogP contribution in [-0.2, 0) is 11.3 Å². The summed E-state index contributed by atoms with van der Waals surface area (Å²) in [6, 6.07) is 6.78. The number of pyridine rings is 1. The van der Waals surface area contributed by atoms with Gasteiger partial charge in [-0.05, 0) is 36.8 Å². The number of ether oxygens (including phenoxy) is 1. The highest BCUT2D eigenvalue weighted by Gasteiger charge is 2.33. The number of amides is 1. The highest BCUT2D eigenvalue weighted by atomic mass is 32.2. The maximum absolute atomic E-state index is 15.1. The molecule has 1 amide bonds. The van der Waals surface area contributed by atoms with Crippen LogP contribution < -0.4 is 9.80 Å². The number of rotatable bonds is 5. The van der Waals surface area contributed by atoms with E-state index in [0.717, 1.165) is 41.5 Å². The fourth-order valence-corrected chi connectivity index (χ4v) is 5.00. The fraction of sp³-hybridized carbons (Fsp3) is 0.364. The van der Waals surface area contributed by atoms with E-state index in [9.17, 15) is 4.79 Å². The van der Waals surface area contributed by atoms with Crippen LogP contribution in [0.25, 0.3) is 11.1 Å². The molecule has 10 heteroatoms. The van der Waals surface area contributed by atoms with Gasteiger partial charge in [0.05, 0.1) is 25.0 Å². The Balaban J connectivity index is 1.33. The van der Waals surface area contributed by atoms with Crippen molar-refractivity contribution in [2.24, 2.45) is 0 Å². The second-order valence-electron chi connectivity index (χ2n) is 7.87. The molecule has 2 aliphatic heterocycles. The third-order valence-corrected chi connectivity index (χ3v) is 6.62. The number of carbonyl (C=O) groups excluding carboxylic acids is 1. The summed E-state index contributed by atoms with van der Waals surface area (Å²) in [6.45, 7) is 4.68. The number of hydrogen-bond donors (Lipinski definition) is 0. The van der Waals surface area contributed by atoms with Gasteiger partial charge >= 0.3 is 6.09 Å². The first-order valence-corrected chi connectivity index (χ1v) is 11.7. The molecule has 3 aromatic rings. The van der Waals surface area contributed by atoms with Gasteiger partial charge in [0.2, 0.25) is 0 Å². The molecule has 5 rings (SSSR count). The molecular formula is C22H23FN6O2S. The summed E-state index contributed by atoms with van der Waals surface area (Å²) in [5.74, 6) is 2.75. The van der Waals surface area contributed by atoms with E-state index >= 15 is 4.39 Å². The molecule has 2 aromatic heterocycles. The molecule has 166 valence electrons. The van der Waals surface area contributed by atoms with E-state index in [-0.39, 0.29) is 6.10 Å². The van der Waals surface area contributed by atoms with Gasteiger partial charge in [-0.25, -0.2) is 18.9 Å². The summed E-state index contributed by atoms with van der Waals surface area (Å²) in [5, 5.41) is 7.64. The Morgan fingerprint density at radius 1 is 1.25 bits per heavy atom. The van der Waals surface area contributed by atoms with Crippen LogP contribution in [0.2, 0.25) is 0 Å². The smallest absolute Gasteiger partial charge is 0.414 e. The van der Waals surface area contributed by atoms with Crippen molar-refractivity contribution >= 4 is 29.4 Å². The zero-order valence-corrected chi connectivity index (χ0v) is 18.5. The van der Waals surface area contributed by atoms with Crippen molar-refractivity contribution in [3.63, 3.8) is 0 Å². The molecule has 0 bridgehead atoms. The minimum Gasteiger partial charge on any atom is -0.442 e. The molecule has 2 saturated heterocycles. The van der Waals surface area contributed by atoms with Gasteiger partial charge in [-0.2, -0.15) is 11.8 Å². The monoisotopic (exact) mass is 454 g/mol. The SMILES string of the molecule is Cc1cc(-c2ccc(N3C[C@H](Cn4ccnn4)OC3=O)cc2F)cnc1N1CCSCC1. The minimum absolute atomic E-state index is 0.320. The molecule has 2 aliphatic rings. The molecule has 1 aromatic carbocycles. The van der Waals surface area contributed by atoms with Gasteiger partial charge in [0.25, 0.3) is 0 Å². The zero-order chi connectivity index (χ0) is 22.1. The van der Waals surface area contributed by atoms with Crippen LogP contribution in [0.1, 0.15) is 5.56 Å². The topological polar surface area (TPSA) is 76.4 Å². The van der Waals surface area contributed by atoms with Crippen molar-refractivity contribution in [2.75, 3.05) is 40.9 Å². The highest BCUT2D eigenvalue weighted by molar-refractivity contribution is 7.99. The lowest BCUT2D eigenvalue weighted by Gasteiger charge is -2.28. The average Bonchev–Trinajstić information content (AvgIpc) is 3.44. The van der Waals surface area contributed by atoms with Crippen LogP contribution in [-0.4, -0.2) is 63.3 Å². The van der Waals surface area contributed by atoms with E-state index in [1.165, 1.54) is 11.0 Å². The standard InChI is InChI=1S/C22H23FN6O2S/c1-15-10-16(12-24-21(15)27-6-8-32-9-7-27)19-3-2-17(11-20(19)23)29-14-18(31-22(29)30)13-28-5-4-25-26-28/h2-5,10-12,18H,6-9,13-14H2,1H3/t18-/m0/s1. The van der Waals surface area contributed by atoms with Crippen molar-refractivity contribution in [2.45, 2.75) is 19.6 Å². The van der Waals surface area contributed by atoms with Gasteiger partial charge in [0.15, 0.2) is 0 Å². The maximum Gasteiger partial charge on any atom is 0.414 e. The van der Waals surface area contributed by atoms with Gasteiger partial charge in [-0.3, -0.25) is 4.90 Å². The average molecular weight is 455 g/mol. The number of hydrogen-bond acceptors (Lipinski definition) is 7. The molecule has 0 aliphatic carbocycles. The van der Waals surface area contributed by atoms with Crippen molar-refractivity contribution in [1.29, 1.82) is 0 Å². The Morgan fingerprint density at radius 2 is 2.09 bits per heavy atom. The normalized spacial score (nSPS) is 18.8.